The first kappa shape index (κ1) is 57.9. The monoisotopic (exact) mass is 1180 g/mol. The Kier molecular flexibility index (Phi) is 16.6. The number of amides is 2. The second-order valence-electron chi connectivity index (χ2n) is 17.5. The summed E-state index contributed by atoms with van der Waals surface area (Å²) < 4.78 is 105. The Morgan fingerprint density at radius 3 is 2.14 bits per heavy atom. The maximum Gasteiger partial charge on any atom is 0.490 e. The molecule has 0 spiro atoms. The Balaban J connectivity index is 0.967. The molecule has 38 nitrogen and oxygen atoms in total. The number of phosphoric acid groups is 3. The molecule has 3 aliphatic rings. The predicted octanol–water partition coefficient (Wildman–Crippen LogP) is -4.28. The van der Waals surface area contributed by atoms with E-state index < -0.39 is 147 Å². The number of nitrogens with zero attached hydrogens (tertiary/aromatic N) is 9. The molecule has 0 aromatic carbocycles. The third-order valence-corrected chi connectivity index (χ3v) is 18.4. The van der Waals surface area contributed by atoms with Gasteiger partial charge < -0.3 is 80.0 Å². The average Bonchev–Trinajstić information content (AvgIpc) is 4.16. The van der Waals surface area contributed by atoms with E-state index in [2.05, 4.69) is 38.9 Å². The van der Waals surface area contributed by atoms with Gasteiger partial charge in [-0.2, -0.15) is 8.62 Å². The molecule has 16 atom stereocenters. The van der Waals surface area contributed by atoms with Gasteiger partial charge in [-0.3, -0.25) is 46.9 Å². The van der Waals surface area contributed by atoms with Gasteiger partial charge in [-0.05, 0) is 0 Å². The van der Waals surface area contributed by atoms with Crippen molar-refractivity contribution in [3.63, 3.8) is 0 Å². The summed E-state index contributed by atoms with van der Waals surface area (Å²) in [6, 6.07) is 0.283. The summed E-state index contributed by atoms with van der Waals surface area (Å²) in [6.45, 7) is -3.76. The number of H-pyrrole nitrogens is 2. The van der Waals surface area contributed by atoms with Gasteiger partial charge in [0.15, 0.2) is 30.2 Å². The van der Waals surface area contributed by atoms with Gasteiger partial charge in [-0.25, -0.2) is 42.8 Å². The maximum atomic E-state index is 14.3. The van der Waals surface area contributed by atoms with Gasteiger partial charge >= 0.3 is 48.4 Å². The Morgan fingerprint density at radius 2 is 1.49 bits per heavy atom. The van der Waals surface area contributed by atoms with Crippen LogP contribution in [0.5, 0.6) is 0 Å². The van der Waals surface area contributed by atoms with Gasteiger partial charge in [0.1, 0.15) is 54.1 Å². The number of nitrogen functional groups attached to an aromatic ring is 2. The predicted molar refractivity (Wildman–Crippen MR) is 251 cm³/mol. The van der Waals surface area contributed by atoms with Crippen molar-refractivity contribution in [3.8, 4) is 0 Å². The van der Waals surface area contributed by atoms with E-state index in [4.69, 9.17) is 44.0 Å². The fraction of sp³-hybridized carbons (Fsp3) is 0.571. The first-order chi connectivity index (χ1) is 36.0. The van der Waals surface area contributed by atoms with Crippen LogP contribution in [0, 0.1) is 5.92 Å². The Morgan fingerprint density at radius 1 is 0.844 bits per heavy atom. The number of urea groups is 1. The highest BCUT2D eigenvalue weighted by atomic mass is 31.3. The Hall–Kier alpha value is -5.27. The number of phosphoric ester groups is 2. The van der Waals surface area contributed by atoms with E-state index >= 15 is 0 Å². The van der Waals surface area contributed by atoms with Gasteiger partial charge in [-0.15, -0.1) is 0 Å². The highest BCUT2D eigenvalue weighted by Gasteiger charge is 2.58. The van der Waals surface area contributed by atoms with Crippen LogP contribution in [-0.4, -0.2) is 185 Å². The summed E-state index contributed by atoms with van der Waals surface area (Å²) in [4.78, 5) is 114. The van der Waals surface area contributed by atoms with Crippen molar-refractivity contribution in [1.29, 1.82) is 0 Å². The van der Waals surface area contributed by atoms with E-state index in [1.54, 1.807) is 0 Å². The summed E-state index contributed by atoms with van der Waals surface area (Å²) >= 11 is 0. The minimum absolute atomic E-state index is 0.00873. The number of nitrogens with two attached hydrogens (primary N) is 2. The molecule has 5 aromatic heterocycles. The van der Waals surface area contributed by atoms with E-state index in [0.717, 1.165) is 41.5 Å². The van der Waals surface area contributed by atoms with Crippen molar-refractivity contribution in [2.75, 3.05) is 59.0 Å². The van der Waals surface area contributed by atoms with E-state index in [0.29, 0.717) is 0 Å². The van der Waals surface area contributed by atoms with Crippen LogP contribution < -0.4 is 38.2 Å². The lowest BCUT2D eigenvalue weighted by Crippen LogP contribution is -2.47. The molecule has 424 valence electrons. The SMILES string of the molecule is CO[C@@H]1[C@H](P(=O)(O)OC[C@H]2O[C@@H](n3ccc(=O)[nH]c3=O)[C@H](O)[C@@H]2O)[C@@H](COP(=O)(O)OP(=O)(O)OP(=O)(O)OC[C@H]2O[C@@H]([n+]3cn(C)c4c(=O)[nH]c(N)nc43)[C@H](O)[C@@H]2CNC(=O)N(C)C)O[C@H]1n1cnc2c(N)ncnc21. The average molecular weight is 1180 g/mol. The van der Waals surface area contributed by atoms with Crippen LogP contribution in [0.4, 0.5) is 16.6 Å². The Labute approximate surface area is 429 Å². The number of aromatic nitrogens is 10. The van der Waals surface area contributed by atoms with Crippen LogP contribution >= 0.6 is 31.1 Å². The lowest BCUT2D eigenvalue weighted by molar-refractivity contribution is -0.745. The topological polar surface area (TPSA) is 530 Å². The van der Waals surface area contributed by atoms with Gasteiger partial charge in [0.05, 0.1) is 39.3 Å². The van der Waals surface area contributed by atoms with Crippen LogP contribution in [-0.2, 0) is 66.4 Å². The molecule has 0 bridgehead atoms. The summed E-state index contributed by atoms with van der Waals surface area (Å²) in [7, 11) is -18.1. The molecule has 0 aliphatic carbocycles. The van der Waals surface area contributed by atoms with Gasteiger partial charge in [-0.1, -0.05) is 4.98 Å². The first-order valence-electron chi connectivity index (χ1n) is 22.2. The second-order valence-corrected chi connectivity index (χ2v) is 24.1. The molecule has 2 amide bonds. The van der Waals surface area contributed by atoms with Crippen molar-refractivity contribution in [3.05, 3.63) is 62.4 Å². The molecule has 0 saturated carbocycles. The number of hydrogen-bond acceptors (Lipinski definition) is 26. The molecule has 0 radical (unpaired) electrons. The maximum absolute atomic E-state index is 14.3. The minimum atomic E-state index is -6.25. The molecular formula is C35H51N14O24P4+. The highest BCUT2D eigenvalue weighted by molar-refractivity contribution is 7.66. The van der Waals surface area contributed by atoms with Crippen molar-refractivity contribution in [1.82, 2.24) is 53.8 Å². The van der Waals surface area contributed by atoms with Crippen LogP contribution in [0.1, 0.15) is 18.7 Å². The summed E-state index contributed by atoms with van der Waals surface area (Å²) in [5, 5.41) is 35.5. The van der Waals surface area contributed by atoms with E-state index in [1.807, 2.05) is 4.98 Å². The van der Waals surface area contributed by atoms with Crippen molar-refractivity contribution >= 4 is 71.2 Å². The molecule has 3 saturated heterocycles. The number of ether oxygens (including phenoxy) is 4. The third-order valence-electron chi connectivity index (χ3n) is 12.2. The number of hydrogen-bond donors (Lipinski definition) is 12. The number of imidazole rings is 2. The smallest absolute Gasteiger partial charge is 0.387 e. The van der Waals surface area contributed by atoms with Crippen LogP contribution in [0.2, 0.25) is 0 Å². The molecule has 42 heteroatoms. The zero-order valence-corrected chi connectivity index (χ0v) is 43.8. The van der Waals surface area contributed by atoms with Gasteiger partial charge in [0.2, 0.25) is 11.7 Å². The van der Waals surface area contributed by atoms with Gasteiger partial charge in [0, 0.05) is 45.9 Å². The fourth-order valence-corrected chi connectivity index (χ4v) is 14.0. The zero-order chi connectivity index (χ0) is 56.3. The molecule has 3 aliphatic heterocycles. The minimum Gasteiger partial charge on any atom is -0.387 e. The van der Waals surface area contributed by atoms with Gasteiger partial charge in [0.25, 0.3) is 17.1 Å². The molecular weight excluding hydrogens is 1120 g/mol. The lowest BCUT2D eigenvalue weighted by Gasteiger charge is -2.28. The molecule has 3 fully saturated rings. The molecule has 4 unspecified atom stereocenters. The van der Waals surface area contributed by atoms with E-state index in [1.165, 1.54) is 41.2 Å². The van der Waals surface area contributed by atoms with Crippen molar-refractivity contribution in [2.24, 2.45) is 13.0 Å². The number of methoxy groups -OCH3 is 1. The second kappa shape index (κ2) is 22.1. The fourth-order valence-electron chi connectivity index (χ4n) is 8.69. The number of carbonyl (C=O) groups excluding carboxylic acids is 1. The quantitative estimate of drug-likeness (QED) is 0.0259. The van der Waals surface area contributed by atoms with Crippen LogP contribution in [0.3, 0.4) is 0 Å². The normalized spacial score (nSPS) is 29.8. The number of aryl methyl sites for hydroxylation is 1. The third kappa shape index (κ3) is 12.2. The zero-order valence-electron chi connectivity index (χ0n) is 40.2. The lowest BCUT2D eigenvalue weighted by atomic mass is 9.98. The van der Waals surface area contributed by atoms with Crippen LogP contribution in [0.25, 0.3) is 22.3 Å². The largest absolute Gasteiger partial charge is 0.490 e. The Bertz CT molecular complexity index is 3410. The molecule has 8 rings (SSSR count). The summed E-state index contributed by atoms with van der Waals surface area (Å²) in [5.74, 6) is -1.61. The summed E-state index contributed by atoms with van der Waals surface area (Å²) in [5.41, 5.74) is 7.13. The molecule has 77 heavy (non-hydrogen) atoms. The highest BCUT2D eigenvalue weighted by Crippen LogP contribution is 2.68. The van der Waals surface area contributed by atoms with E-state index in [9.17, 15) is 72.3 Å². The number of aromatic amines is 2. The van der Waals surface area contributed by atoms with Crippen molar-refractivity contribution < 1.29 is 104 Å². The number of aliphatic hydroxyl groups excluding tert-OH is 3. The molecule has 8 heterocycles. The number of nitrogens with one attached hydrogen (secondary N) is 3. The first-order valence-corrected chi connectivity index (χ1v) is 28.3. The number of fused-ring (bicyclic) bond motifs is 2. The number of rotatable bonds is 20. The van der Waals surface area contributed by atoms with Crippen LogP contribution in [0.15, 0.2) is 45.6 Å². The number of aliphatic hydroxyl groups is 3. The standard InChI is InChI=1S/C35H50N14O24P4/c1-45(2)34(55)38-7-14-15(69-30(21(14)51)49-13-46(3)20-28(49)43-33(37)44-29(20)54)8-67-75(59,60)72-77(63,64)73-76(61,62)68-10-17-25(24(65-4)32(71-17)48-12-41-19-26(36)39-11-40-27(19)48)74(57,58)66-9-16-22(52)23(53)31(70-16)47-6-5-18(50)42-35(47)56/h5-6,11-17,21-25,30-32,51-53H,7-10H2,1-4H3,(H10-,36,37,38,39,40,42,43,44,50,54,55,56,57,58,59,60,61,62,63,64)/p+1/t14-,15-,16-,17-,21-,22-,23-,24-,25-,30-,31-,32-/m1/s1. The number of anilines is 2. The summed E-state index contributed by atoms with van der Waals surface area (Å²) in [6.07, 6.45) is -12.2. The van der Waals surface area contributed by atoms with E-state index in [-0.39, 0.29) is 40.6 Å². The molecule has 5 aromatic rings. The van der Waals surface area contributed by atoms with Crippen molar-refractivity contribution in [2.45, 2.75) is 67.1 Å². The number of carbonyl (C=O) groups is 1. The molecule has 14 N–H and O–H groups in total.